The van der Waals surface area contributed by atoms with Gasteiger partial charge in [0.1, 0.15) is 10.4 Å². The summed E-state index contributed by atoms with van der Waals surface area (Å²) in [5.41, 5.74) is 3.16. The Balaban J connectivity index is 0.000000166. The third-order valence-electron chi connectivity index (χ3n) is 5.27. The Bertz CT molecular complexity index is 1060. The molecule has 3 aromatic rings. The summed E-state index contributed by atoms with van der Waals surface area (Å²) in [4.78, 5) is 0. The molecule has 0 bridgehead atoms. The molecule has 2 aliphatic rings. The Labute approximate surface area is 186 Å². The van der Waals surface area contributed by atoms with Crippen LogP contribution < -0.4 is 5.46 Å². The summed E-state index contributed by atoms with van der Waals surface area (Å²) >= 11 is 3.21. The molecule has 1 N–H and O–H groups in total. The van der Waals surface area contributed by atoms with Crippen molar-refractivity contribution in [3.8, 4) is 0 Å². The number of rotatable bonds is 5. The molecule has 0 spiro atoms. The molecule has 0 radical (unpaired) electrons. The van der Waals surface area contributed by atoms with Gasteiger partial charge in [-0.3, -0.25) is 4.68 Å². The summed E-state index contributed by atoms with van der Waals surface area (Å²) in [6, 6.07) is 4.28. The first kappa shape index (κ1) is 22.1. The molecule has 1 fully saturated rings. The van der Waals surface area contributed by atoms with E-state index >= 15 is 0 Å². The first-order chi connectivity index (χ1) is 14.8. The molecule has 1 aromatic carbocycles. The van der Waals surface area contributed by atoms with Crippen LogP contribution in [-0.2, 0) is 17.6 Å². The molecule has 31 heavy (non-hydrogen) atoms. The summed E-state index contributed by atoms with van der Waals surface area (Å²) in [7, 11) is -0.893. The lowest BCUT2D eigenvalue weighted by Gasteiger charge is -2.02. The van der Waals surface area contributed by atoms with Gasteiger partial charge in [-0.2, -0.15) is 19.0 Å². The first-order valence-electron chi connectivity index (χ1n) is 9.96. The number of hydrogen-bond acceptors (Lipinski definition) is 4. The number of alkyl halides is 2. The zero-order valence-electron chi connectivity index (χ0n) is 16.8. The Kier molecular flexibility index (Phi) is 6.54. The molecule has 3 heterocycles. The van der Waals surface area contributed by atoms with E-state index in [0.717, 1.165) is 29.2 Å². The highest BCUT2D eigenvalue weighted by Crippen LogP contribution is 2.30. The van der Waals surface area contributed by atoms with E-state index in [1.807, 2.05) is 10.9 Å². The molecule has 164 valence electrons. The Morgan fingerprint density at radius 2 is 2.10 bits per heavy atom. The zero-order chi connectivity index (χ0) is 22.1. The van der Waals surface area contributed by atoms with E-state index in [2.05, 4.69) is 26.1 Å². The summed E-state index contributed by atoms with van der Waals surface area (Å²) in [6.45, 7) is 0.133. The fourth-order valence-corrected chi connectivity index (χ4v) is 3.90. The van der Waals surface area contributed by atoms with Gasteiger partial charge in [0.2, 0.25) is 0 Å². The van der Waals surface area contributed by atoms with Crippen LogP contribution in [0, 0.1) is 11.7 Å². The highest BCUT2D eigenvalue weighted by Gasteiger charge is 2.32. The van der Waals surface area contributed by atoms with Crippen LogP contribution in [0.4, 0.5) is 13.2 Å². The van der Waals surface area contributed by atoms with Gasteiger partial charge < -0.3 is 9.68 Å². The molecule has 6 nitrogen and oxygen atoms in total. The van der Waals surface area contributed by atoms with Gasteiger partial charge in [-0.1, -0.05) is 6.07 Å². The normalized spacial score (nSPS) is 17.6. The van der Waals surface area contributed by atoms with Gasteiger partial charge in [0.25, 0.3) is 0 Å². The lowest BCUT2D eigenvalue weighted by Crippen LogP contribution is -2.27. The second-order valence-electron chi connectivity index (χ2n) is 7.80. The second kappa shape index (κ2) is 9.18. The summed E-state index contributed by atoms with van der Waals surface area (Å²) < 4.78 is 45.9. The van der Waals surface area contributed by atoms with Crippen molar-refractivity contribution < 1.29 is 22.8 Å². The molecule has 1 aliphatic heterocycles. The van der Waals surface area contributed by atoms with Gasteiger partial charge in [-0.05, 0) is 70.3 Å². The van der Waals surface area contributed by atoms with Crippen LogP contribution in [0.5, 0.6) is 0 Å². The van der Waals surface area contributed by atoms with E-state index in [1.54, 1.807) is 19.2 Å². The predicted octanol–water partition coefficient (Wildman–Crippen LogP) is 3.84. The molecular weight excluding hydrogens is 476 g/mol. The van der Waals surface area contributed by atoms with Crippen LogP contribution in [0.25, 0.3) is 0 Å². The van der Waals surface area contributed by atoms with Crippen LogP contribution in [0.15, 0.2) is 41.4 Å². The topological polar surface area (TPSA) is 65.1 Å². The number of hydrogen-bond donors (Lipinski definition) is 1. The SMILES string of the molecule is C[C@H]1OB(O)c2ccc(F)cc21.FC(F)n1cc(Cc2cnn(CC3CC3)c2)c(Br)n1. The minimum atomic E-state index is -2.61. The van der Waals surface area contributed by atoms with E-state index in [-0.39, 0.29) is 11.9 Å². The molecule has 0 amide bonds. The summed E-state index contributed by atoms with van der Waals surface area (Å²) in [6.07, 6.45) is 8.03. The number of nitrogens with zero attached hydrogens (tertiary/aromatic N) is 4. The van der Waals surface area contributed by atoms with Crippen LogP contribution >= 0.6 is 15.9 Å². The van der Waals surface area contributed by atoms with Gasteiger partial charge in [-0.25, -0.2) is 9.07 Å². The molecule has 5 rings (SSSR count). The van der Waals surface area contributed by atoms with Gasteiger partial charge >= 0.3 is 13.7 Å². The first-order valence-corrected chi connectivity index (χ1v) is 10.8. The minimum Gasteiger partial charge on any atom is -0.423 e. The lowest BCUT2D eigenvalue weighted by atomic mass is 9.79. The quantitative estimate of drug-likeness (QED) is 0.545. The molecule has 2 aromatic heterocycles. The Hall–Kier alpha value is -2.11. The van der Waals surface area contributed by atoms with Crippen molar-refractivity contribution in [2.75, 3.05) is 0 Å². The van der Waals surface area contributed by atoms with Crippen molar-refractivity contribution in [2.24, 2.45) is 5.92 Å². The summed E-state index contributed by atoms with van der Waals surface area (Å²) in [5, 5.41) is 17.3. The van der Waals surface area contributed by atoms with Crippen LogP contribution in [-0.4, -0.2) is 31.7 Å². The monoisotopic (exact) mass is 496 g/mol. The van der Waals surface area contributed by atoms with Crippen molar-refractivity contribution in [1.82, 2.24) is 19.6 Å². The zero-order valence-corrected chi connectivity index (χ0v) is 18.3. The predicted molar refractivity (Wildman–Crippen MR) is 112 cm³/mol. The molecule has 0 unspecified atom stereocenters. The molecule has 1 saturated carbocycles. The average molecular weight is 497 g/mol. The minimum absolute atomic E-state index is 0.217. The number of halogens is 4. The number of benzene rings is 1. The van der Waals surface area contributed by atoms with Crippen molar-refractivity contribution in [3.05, 3.63) is 63.9 Å². The lowest BCUT2D eigenvalue weighted by molar-refractivity contribution is 0.0562. The van der Waals surface area contributed by atoms with Crippen LogP contribution in [0.3, 0.4) is 0 Å². The number of fused-ring (bicyclic) bond motifs is 1. The van der Waals surface area contributed by atoms with E-state index in [1.165, 1.54) is 31.2 Å². The maximum Gasteiger partial charge on any atom is 0.491 e. The fourth-order valence-electron chi connectivity index (χ4n) is 3.47. The Morgan fingerprint density at radius 1 is 1.32 bits per heavy atom. The highest BCUT2D eigenvalue weighted by atomic mass is 79.9. The maximum absolute atomic E-state index is 12.7. The van der Waals surface area contributed by atoms with Gasteiger partial charge in [0.05, 0.1) is 12.3 Å². The molecule has 11 heteroatoms. The smallest absolute Gasteiger partial charge is 0.423 e. The van der Waals surface area contributed by atoms with E-state index < -0.39 is 13.7 Å². The standard InChI is InChI=1S/C12H13BrF2N4.C8H8BFO2/c13-11-10(7-19(17-11)12(14)15)3-9-4-16-18(6-9)5-8-1-2-8;1-5-7-4-6(10)2-3-8(7)9(11)12-5/h4,6-8,12H,1-3,5H2;2-5,11H,1H3/t;5-/m.1/s1. The van der Waals surface area contributed by atoms with Crippen molar-refractivity contribution in [3.63, 3.8) is 0 Å². The van der Waals surface area contributed by atoms with Gasteiger partial charge in [-0.15, -0.1) is 0 Å². The van der Waals surface area contributed by atoms with Crippen LogP contribution in [0.1, 0.15) is 49.1 Å². The van der Waals surface area contributed by atoms with E-state index in [0.29, 0.717) is 21.2 Å². The Morgan fingerprint density at radius 3 is 2.77 bits per heavy atom. The van der Waals surface area contributed by atoms with E-state index in [4.69, 9.17) is 4.65 Å². The second-order valence-corrected chi connectivity index (χ2v) is 8.55. The van der Waals surface area contributed by atoms with Crippen LogP contribution in [0.2, 0.25) is 0 Å². The molecule has 1 aliphatic carbocycles. The van der Waals surface area contributed by atoms with Gasteiger partial charge in [0, 0.05) is 30.9 Å². The molecule has 0 saturated heterocycles. The molecular formula is C20H21BBrF3N4O2. The number of aromatic nitrogens is 4. The summed E-state index contributed by atoms with van der Waals surface area (Å²) in [5.74, 6) is 0.472. The van der Waals surface area contributed by atoms with E-state index in [9.17, 15) is 18.2 Å². The third-order valence-corrected chi connectivity index (χ3v) is 5.93. The molecule has 1 atom stereocenters. The highest BCUT2D eigenvalue weighted by molar-refractivity contribution is 9.10. The van der Waals surface area contributed by atoms with Gasteiger partial charge in [0.15, 0.2) is 0 Å². The third kappa shape index (κ3) is 5.39. The van der Waals surface area contributed by atoms with Crippen molar-refractivity contribution in [1.29, 1.82) is 0 Å². The average Bonchev–Trinajstić information content (AvgIpc) is 3.18. The van der Waals surface area contributed by atoms with Crippen molar-refractivity contribution >= 4 is 28.5 Å². The maximum atomic E-state index is 12.7. The van der Waals surface area contributed by atoms with Crippen molar-refractivity contribution in [2.45, 2.75) is 45.4 Å². The largest absolute Gasteiger partial charge is 0.491 e. The fraction of sp³-hybridized carbons (Fsp3) is 0.400.